The minimum Gasteiger partial charge on any atom is -0.481 e. The predicted octanol–water partition coefficient (Wildman–Crippen LogP) is 0.256. The quantitative estimate of drug-likeness (QED) is 0.536. The van der Waals surface area contributed by atoms with Gasteiger partial charge < -0.3 is 10.2 Å². The number of aliphatic carboxylic acids is 1. The fraction of sp³-hybridized carbons (Fsp3) is 0.500. The lowest BCUT2D eigenvalue weighted by Crippen LogP contribution is -2.08. The number of carboxylic acids is 1. The molecule has 2 N–H and O–H groups in total. The van der Waals surface area contributed by atoms with Gasteiger partial charge in [0.2, 0.25) is 0 Å². The van der Waals surface area contributed by atoms with E-state index in [4.69, 9.17) is 10.2 Å². The maximum atomic E-state index is 9.97. The molecule has 0 aliphatic heterocycles. The lowest BCUT2D eigenvalue weighted by atomic mass is 10.1. The summed E-state index contributed by atoms with van der Waals surface area (Å²) in [5, 5.41) is 16.6. The highest BCUT2D eigenvalue weighted by Gasteiger charge is 2.06. The number of carboxylic acid groups (broad SMARTS) is 1. The van der Waals surface area contributed by atoms with Gasteiger partial charge in [0, 0.05) is 12.5 Å². The van der Waals surface area contributed by atoms with Crippen LogP contribution in [0.1, 0.15) is 6.42 Å². The molecular weight excluding hydrogens is 120 g/mol. The minimum atomic E-state index is -0.908. The fourth-order valence-corrected chi connectivity index (χ4v) is 0.447. The molecule has 3 nitrogen and oxygen atoms in total. The van der Waals surface area contributed by atoms with E-state index >= 15 is 0 Å². The standard InChI is InChI=1S/C6H10O3/c1-2-5(4-7)3-6(8)9/h2,5,7H,1,3-4H2,(H,8,9)/t5-/m0/s1. The Labute approximate surface area is 53.6 Å². The van der Waals surface area contributed by atoms with Crippen molar-refractivity contribution in [3.05, 3.63) is 12.7 Å². The van der Waals surface area contributed by atoms with Crippen LogP contribution in [0.3, 0.4) is 0 Å². The van der Waals surface area contributed by atoms with Crippen molar-refractivity contribution in [3.8, 4) is 0 Å². The number of carbonyl (C=O) groups is 1. The number of hydrogen-bond donors (Lipinski definition) is 2. The van der Waals surface area contributed by atoms with E-state index < -0.39 is 5.97 Å². The summed E-state index contributed by atoms with van der Waals surface area (Å²) in [5.74, 6) is -1.21. The molecule has 0 saturated carbocycles. The average molecular weight is 130 g/mol. The van der Waals surface area contributed by atoms with Gasteiger partial charge >= 0.3 is 5.97 Å². The van der Waals surface area contributed by atoms with Crippen LogP contribution in [0, 0.1) is 5.92 Å². The minimum absolute atomic E-state index is 0.0417. The molecule has 0 aromatic carbocycles. The van der Waals surface area contributed by atoms with Gasteiger partial charge in [-0.1, -0.05) is 6.08 Å². The van der Waals surface area contributed by atoms with Gasteiger partial charge in [0.1, 0.15) is 0 Å². The maximum Gasteiger partial charge on any atom is 0.304 e. The first kappa shape index (κ1) is 8.17. The Bertz CT molecular complexity index is 109. The number of hydrogen-bond acceptors (Lipinski definition) is 2. The number of aliphatic hydroxyl groups is 1. The number of aliphatic hydroxyl groups excluding tert-OH is 1. The molecule has 52 valence electrons. The molecule has 0 fully saturated rings. The molecule has 0 unspecified atom stereocenters. The fourth-order valence-electron chi connectivity index (χ4n) is 0.447. The van der Waals surface area contributed by atoms with Crippen molar-refractivity contribution in [3.63, 3.8) is 0 Å². The summed E-state index contributed by atoms with van der Waals surface area (Å²) in [7, 11) is 0. The van der Waals surface area contributed by atoms with E-state index in [9.17, 15) is 4.79 Å². The molecule has 0 aliphatic rings. The first-order chi connectivity index (χ1) is 4.20. The third kappa shape index (κ3) is 3.73. The summed E-state index contributed by atoms with van der Waals surface area (Å²) in [6.07, 6.45) is 1.40. The summed E-state index contributed by atoms with van der Waals surface area (Å²) in [6.45, 7) is 3.22. The van der Waals surface area contributed by atoms with E-state index in [2.05, 4.69) is 6.58 Å². The monoisotopic (exact) mass is 130 g/mol. The molecular formula is C6H10O3. The highest BCUT2D eigenvalue weighted by atomic mass is 16.4. The lowest BCUT2D eigenvalue weighted by Gasteiger charge is -2.02. The van der Waals surface area contributed by atoms with Crippen molar-refractivity contribution in [2.75, 3.05) is 6.61 Å². The zero-order valence-electron chi connectivity index (χ0n) is 5.08. The topological polar surface area (TPSA) is 57.5 Å². The SMILES string of the molecule is C=C[C@H](CO)CC(=O)O. The van der Waals surface area contributed by atoms with Crippen molar-refractivity contribution < 1.29 is 15.0 Å². The molecule has 0 spiro atoms. The first-order valence-electron chi connectivity index (χ1n) is 2.66. The molecule has 0 saturated heterocycles. The van der Waals surface area contributed by atoms with Crippen molar-refractivity contribution in [1.82, 2.24) is 0 Å². The molecule has 3 heteroatoms. The molecule has 1 atom stereocenters. The van der Waals surface area contributed by atoms with Crippen LogP contribution in [-0.4, -0.2) is 22.8 Å². The molecule has 0 radical (unpaired) electrons. The van der Waals surface area contributed by atoms with Gasteiger partial charge in [-0.2, -0.15) is 0 Å². The summed E-state index contributed by atoms with van der Waals surface area (Å²) in [4.78, 5) is 9.97. The molecule has 0 aliphatic carbocycles. The van der Waals surface area contributed by atoms with Gasteiger partial charge in [0.15, 0.2) is 0 Å². The third-order valence-corrected chi connectivity index (χ3v) is 1.00. The van der Waals surface area contributed by atoms with Gasteiger partial charge in [-0.25, -0.2) is 0 Å². The Morgan fingerprint density at radius 2 is 2.33 bits per heavy atom. The highest BCUT2D eigenvalue weighted by Crippen LogP contribution is 2.01. The second kappa shape index (κ2) is 4.09. The largest absolute Gasteiger partial charge is 0.481 e. The second-order valence-corrected chi connectivity index (χ2v) is 1.78. The van der Waals surface area contributed by atoms with Gasteiger partial charge in [0.05, 0.1) is 6.42 Å². The van der Waals surface area contributed by atoms with E-state index in [1.165, 1.54) is 6.08 Å². The molecule has 0 aromatic rings. The summed E-state index contributed by atoms with van der Waals surface area (Å²) in [5.41, 5.74) is 0. The van der Waals surface area contributed by atoms with Crippen LogP contribution in [0.4, 0.5) is 0 Å². The molecule has 9 heavy (non-hydrogen) atoms. The Morgan fingerprint density at radius 1 is 1.78 bits per heavy atom. The summed E-state index contributed by atoms with van der Waals surface area (Å²) in [6, 6.07) is 0. The van der Waals surface area contributed by atoms with Crippen molar-refractivity contribution in [2.45, 2.75) is 6.42 Å². The van der Waals surface area contributed by atoms with Gasteiger partial charge in [0.25, 0.3) is 0 Å². The van der Waals surface area contributed by atoms with Crippen molar-refractivity contribution in [2.24, 2.45) is 5.92 Å². The van der Waals surface area contributed by atoms with Gasteiger partial charge in [-0.3, -0.25) is 4.79 Å². The van der Waals surface area contributed by atoms with Crippen LogP contribution in [0.2, 0.25) is 0 Å². The Kier molecular flexibility index (Phi) is 3.71. The summed E-state index contributed by atoms with van der Waals surface area (Å²) < 4.78 is 0. The van der Waals surface area contributed by atoms with Gasteiger partial charge in [-0.15, -0.1) is 6.58 Å². The normalized spacial score (nSPS) is 12.6. The van der Waals surface area contributed by atoms with Crippen molar-refractivity contribution in [1.29, 1.82) is 0 Å². The van der Waals surface area contributed by atoms with E-state index in [1.807, 2.05) is 0 Å². The summed E-state index contributed by atoms with van der Waals surface area (Å²) >= 11 is 0. The van der Waals surface area contributed by atoms with Gasteiger partial charge in [-0.05, 0) is 0 Å². The first-order valence-corrected chi connectivity index (χ1v) is 2.66. The Hall–Kier alpha value is -0.830. The molecule has 0 aromatic heterocycles. The predicted molar refractivity (Wildman–Crippen MR) is 33.0 cm³/mol. The zero-order valence-corrected chi connectivity index (χ0v) is 5.08. The van der Waals surface area contributed by atoms with Crippen LogP contribution in [-0.2, 0) is 4.79 Å². The Morgan fingerprint density at radius 3 is 2.44 bits per heavy atom. The zero-order chi connectivity index (χ0) is 7.28. The van der Waals surface area contributed by atoms with Crippen LogP contribution < -0.4 is 0 Å². The van der Waals surface area contributed by atoms with E-state index in [0.717, 1.165) is 0 Å². The van der Waals surface area contributed by atoms with Crippen LogP contribution in [0.15, 0.2) is 12.7 Å². The maximum absolute atomic E-state index is 9.97. The molecule has 0 bridgehead atoms. The smallest absolute Gasteiger partial charge is 0.304 e. The van der Waals surface area contributed by atoms with E-state index in [1.54, 1.807) is 0 Å². The van der Waals surface area contributed by atoms with Crippen LogP contribution >= 0.6 is 0 Å². The third-order valence-electron chi connectivity index (χ3n) is 1.00. The van der Waals surface area contributed by atoms with Crippen LogP contribution in [0.5, 0.6) is 0 Å². The van der Waals surface area contributed by atoms with E-state index in [-0.39, 0.29) is 18.9 Å². The van der Waals surface area contributed by atoms with E-state index in [0.29, 0.717) is 0 Å². The molecule has 0 amide bonds. The highest BCUT2D eigenvalue weighted by molar-refractivity contribution is 5.67. The Balaban J connectivity index is 3.55. The van der Waals surface area contributed by atoms with Crippen molar-refractivity contribution >= 4 is 5.97 Å². The second-order valence-electron chi connectivity index (χ2n) is 1.78. The molecule has 0 heterocycles. The van der Waals surface area contributed by atoms with Crippen LogP contribution in [0.25, 0.3) is 0 Å². The number of rotatable bonds is 4. The molecule has 0 rings (SSSR count). The lowest BCUT2D eigenvalue weighted by molar-refractivity contribution is -0.138. The average Bonchev–Trinajstić information content (AvgIpc) is 1.82.